The van der Waals surface area contributed by atoms with Gasteiger partial charge in [0.1, 0.15) is 5.25 Å². The van der Waals surface area contributed by atoms with Crippen molar-refractivity contribution >= 4 is 29.3 Å². The summed E-state index contributed by atoms with van der Waals surface area (Å²) in [6, 6.07) is 16.6. The molecule has 0 bridgehead atoms. The van der Waals surface area contributed by atoms with E-state index in [1.807, 2.05) is 36.1 Å². The lowest BCUT2D eigenvalue weighted by atomic mass is 9.94. The van der Waals surface area contributed by atoms with Gasteiger partial charge in [0.05, 0.1) is 18.2 Å². The Morgan fingerprint density at radius 1 is 1.10 bits per heavy atom. The Hall–Kier alpha value is -2.27. The van der Waals surface area contributed by atoms with Crippen molar-refractivity contribution in [3.8, 4) is 0 Å². The van der Waals surface area contributed by atoms with Gasteiger partial charge in [-0.25, -0.2) is 0 Å². The van der Waals surface area contributed by atoms with Gasteiger partial charge in [-0.2, -0.15) is 0 Å². The van der Waals surface area contributed by atoms with Crippen LogP contribution in [0.1, 0.15) is 50.2 Å². The maximum Gasteiger partial charge on any atom is 0.241 e. The molecule has 0 radical (unpaired) electrons. The summed E-state index contributed by atoms with van der Waals surface area (Å²) in [4.78, 5) is 29.4. The molecule has 1 saturated carbocycles. The van der Waals surface area contributed by atoms with E-state index in [1.54, 1.807) is 0 Å². The monoisotopic (exact) mass is 422 g/mol. The third-order valence-electron chi connectivity index (χ3n) is 6.20. The number of aryl methyl sites for hydroxylation is 1. The van der Waals surface area contributed by atoms with Gasteiger partial charge in [0.25, 0.3) is 0 Å². The maximum absolute atomic E-state index is 13.5. The first-order valence-corrected chi connectivity index (χ1v) is 11.8. The lowest BCUT2D eigenvalue weighted by molar-refractivity contribution is -0.129. The largest absolute Gasteiger partial charge is 0.353 e. The van der Waals surface area contributed by atoms with Gasteiger partial charge in [-0.1, -0.05) is 68.1 Å². The number of fused-ring (bicyclic) bond motifs is 1. The number of anilines is 1. The van der Waals surface area contributed by atoms with Gasteiger partial charge in [0.15, 0.2) is 0 Å². The smallest absolute Gasteiger partial charge is 0.241 e. The highest BCUT2D eigenvalue weighted by Gasteiger charge is 2.39. The molecule has 0 unspecified atom stereocenters. The zero-order valence-corrected chi connectivity index (χ0v) is 18.6. The van der Waals surface area contributed by atoms with Crippen LogP contribution in [0, 0.1) is 12.8 Å². The highest BCUT2D eigenvalue weighted by Crippen LogP contribution is 2.42. The molecule has 2 aliphatic rings. The Morgan fingerprint density at radius 3 is 2.53 bits per heavy atom. The number of carbonyl (C=O) groups excluding carboxylic acids is 2. The van der Waals surface area contributed by atoms with E-state index in [2.05, 4.69) is 36.5 Å². The summed E-state index contributed by atoms with van der Waals surface area (Å²) in [5, 5.41) is 2.80. The fraction of sp³-hybridized carbons (Fsp3) is 0.440. The minimum absolute atomic E-state index is 0.00224. The summed E-state index contributed by atoms with van der Waals surface area (Å²) in [7, 11) is 0. The summed E-state index contributed by atoms with van der Waals surface area (Å²) in [6.45, 7) is 4.47. The van der Waals surface area contributed by atoms with Crippen LogP contribution < -0.4 is 10.2 Å². The average Bonchev–Trinajstić information content (AvgIpc) is 2.77. The summed E-state index contributed by atoms with van der Waals surface area (Å²) < 4.78 is 0. The van der Waals surface area contributed by atoms with Crippen LogP contribution in [0.5, 0.6) is 0 Å². The van der Waals surface area contributed by atoms with Gasteiger partial charge in [-0.3, -0.25) is 9.59 Å². The van der Waals surface area contributed by atoms with Crippen LogP contribution >= 0.6 is 11.8 Å². The standard InChI is InChI=1S/C25H30N2O2S/c1-17-12-14-19(15-13-17)16-27-21-10-6-7-11-22(21)30-23(25(27)29)18(2)24(28)26-20-8-4-3-5-9-20/h6-7,10-15,18,20,23H,3-5,8-9,16H2,1-2H3,(H,26,28)/t18-,23-/m1/s1. The van der Waals surface area contributed by atoms with E-state index in [1.165, 1.54) is 36.6 Å². The lowest BCUT2D eigenvalue weighted by Crippen LogP contribution is -2.49. The van der Waals surface area contributed by atoms with Crippen molar-refractivity contribution in [3.05, 3.63) is 59.7 Å². The van der Waals surface area contributed by atoms with Gasteiger partial charge in [0, 0.05) is 10.9 Å². The Kier molecular flexibility index (Phi) is 6.47. The molecule has 1 fully saturated rings. The SMILES string of the molecule is Cc1ccc(CN2C(=O)[C@@H]([C@@H](C)C(=O)NC3CCCCC3)Sc3ccccc32)cc1. The fourth-order valence-corrected chi connectivity index (χ4v) is 5.60. The Bertz CT molecular complexity index is 906. The van der Waals surface area contributed by atoms with Crippen LogP contribution in [0.3, 0.4) is 0 Å². The Balaban J connectivity index is 1.54. The lowest BCUT2D eigenvalue weighted by Gasteiger charge is -2.36. The molecule has 1 aliphatic carbocycles. The molecule has 1 N–H and O–H groups in total. The van der Waals surface area contributed by atoms with Gasteiger partial charge < -0.3 is 10.2 Å². The van der Waals surface area contributed by atoms with Crippen LogP contribution in [0.15, 0.2) is 53.4 Å². The summed E-state index contributed by atoms with van der Waals surface area (Å²) in [5.74, 6) is -0.355. The van der Waals surface area contributed by atoms with E-state index < -0.39 is 5.25 Å². The average molecular weight is 423 g/mol. The first-order chi connectivity index (χ1) is 14.5. The zero-order chi connectivity index (χ0) is 21.1. The minimum atomic E-state index is -0.408. The first-order valence-electron chi connectivity index (χ1n) is 11.0. The number of thioether (sulfide) groups is 1. The van der Waals surface area contributed by atoms with Crippen LogP contribution in [0.25, 0.3) is 0 Å². The number of nitrogens with zero attached hydrogens (tertiary/aromatic N) is 1. The molecule has 0 saturated heterocycles. The number of para-hydroxylation sites is 1. The third-order valence-corrected chi connectivity index (χ3v) is 7.66. The van der Waals surface area contributed by atoms with E-state index in [9.17, 15) is 9.59 Å². The third kappa shape index (κ3) is 4.56. The minimum Gasteiger partial charge on any atom is -0.353 e. The van der Waals surface area contributed by atoms with Crippen molar-refractivity contribution < 1.29 is 9.59 Å². The van der Waals surface area contributed by atoms with Crippen LogP contribution in [0.2, 0.25) is 0 Å². The van der Waals surface area contributed by atoms with E-state index in [0.717, 1.165) is 29.0 Å². The van der Waals surface area contributed by atoms with Crippen molar-refractivity contribution in [3.63, 3.8) is 0 Å². The van der Waals surface area contributed by atoms with Gasteiger partial charge in [-0.15, -0.1) is 11.8 Å². The second-order valence-electron chi connectivity index (χ2n) is 8.55. The quantitative estimate of drug-likeness (QED) is 0.730. The summed E-state index contributed by atoms with van der Waals surface area (Å²) >= 11 is 1.53. The fourth-order valence-electron chi connectivity index (χ4n) is 4.31. The predicted molar refractivity (Wildman–Crippen MR) is 123 cm³/mol. The second kappa shape index (κ2) is 9.25. The van der Waals surface area contributed by atoms with E-state index in [0.29, 0.717) is 6.54 Å². The number of rotatable bonds is 5. The molecule has 4 rings (SSSR count). The van der Waals surface area contributed by atoms with Crippen LogP contribution in [0.4, 0.5) is 5.69 Å². The topological polar surface area (TPSA) is 49.4 Å². The molecule has 1 heterocycles. The molecule has 2 amide bonds. The molecule has 2 atom stereocenters. The van der Waals surface area contributed by atoms with Crippen molar-refractivity contribution in [2.75, 3.05) is 4.90 Å². The molecule has 2 aromatic carbocycles. The van der Waals surface area contributed by atoms with E-state index >= 15 is 0 Å². The van der Waals surface area contributed by atoms with Crippen LogP contribution in [-0.2, 0) is 16.1 Å². The number of nitrogens with one attached hydrogen (secondary N) is 1. The molecule has 30 heavy (non-hydrogen) atoms. The Morgan fingerprint density at radius 2 is 1.80 bits per heavy atom. The van der Waals surface area contributed by atoms with Crippen LogP contribution in [-0.4, -0.2) is 23.1 Å². The highest BCUT2D eigenvalue weighted by molar-refractivity contribution is 8.01. The number of carbonyl (C=O) groups is 2. The van der Waals surface area contributed by atoms with E-state index in [4.69, 9.17) is 0 Å². The van der Waals surface area contributed by atoms with Crippen molar-refractivity contribution in [1.29, 1.82) is 0 Å². The van der Waals surface area contributed by atoms with Gasteiger partial charge in [-0.05, 0) is 37.5 Å². The highest BCUT2D eigenvalue weighted by atomic mass is 32.2. The number of hydrogen-bond acceptors (Lipinski definition) is 3. The number of amides is 2. The second-order valence-corrected chi connectivity index (χ2v) is 9.73. The van der Waals surface area contributed by atoms with Gasteiger partial charge >= 0.3 is 0 Å². The van der Waals surface area contributed by atoms with Crippen molar-refractivity contribution in [2.24, 2.45) is 5.92 Å². The molecular weight excluding hydrogens is 392 g/mol. The van der Waals surface area contributed by atoms with Crippen molar-refractivity contribution in [2.45, 2.75) is 68.7 Å². The molecule has 1 aliphatic heterocycles. The molecule has 0 spiro atoms. The van der Waals surface area contributed by atoms with Crippen molar-refractivity contribution in [1.82, 2.24) is 5.32 Å². The van der Waals surface area contributed by atoms with Gasteiger partial charge in [0.2, 0.25) is 11.8 Å². The molecule has 5 heteroatoms. The molecule has 158 valence electrons. The normalized spacial score (nSPS) is 20.5. The summed E-state index contributed by atoms with van der Waals surface area (Å²) in [6.07, 6.45) is 5.70. The molecule has 0 aromatic heterocycles. The van der Waals surface area contributed by atoms with E-state index in [-0.39, 0.29) is 23.8 Å². The number of benzene rings is 2. The predicted octanol–water partition coefficient (Wildman–Crippen LogP) is 5.09. The zero-order valence-electron chi connectivity index (χ0n) is 17.8. The maximum atomic E-state index is 13.5. The Labute approximate surface area is 183 Å². The number of hydrogen-bond donors (Lipinski definition) is 1. The summed E-state index contributed by atoms with van der Waals surface area (Å²) in [5.41, 5.74) is 3.23. The first kappa shape index (κ1) is 21.0. The molecule has 2 aromatic rings. The molecular formula is C25H30N2O2S. The molecule has 4 nitrogen and oxygen atoms in total.